The highest BCUT2D eigenvalue weighted by Gasteiger charge is 2.14. The normalized spacial score (nSPS) is 18.8. The molecule has 0 saturated heterocycles. The van der Waals surface area contributed by atoms with Crippen LogP contribution < -0.4 is 10.1 Å². The van der Waals surface area contributed by atoms with Gasteiger partial charge in [-0.2, -0.15) is 0 Å². The zero-order valence-electron chi connectivity index (χ0n) is 11.8. The number of nitrogens with one attached hydrogen (secondary N) is 1. The van der Waals surface area contributed by atoms with Crippen LogP contribution in [0, 0.1) is 0 Å². The fourth-order valence-corrected chi connectivity index (χ4v) is 2.71. The molecule has 1 unspecified atom stereocenters. The molecule has 3 nitrogen and oxygen atoms in total. The molecule has 0 spiro atoms. The lowest BCUT2D eigenvalue weighted by atomic mass is 10.1. The van der Waals surface area contributed by atoms with Crippen molar-refractivity contribution in [2.24, 2.45) is 0 Å². The van der Waals surface area contributed by atoms with Crippen LogP contribution in [0.5, 0.6) is 5.75 Å². The summed E-state index contributed by atoms with van der Waals surface area (Å²) in [4.78, 5) is 0. The number of hydrogen-bond acceptors (Lipinski definition) is 3. The van der Waals surface area contributed by atoms with Gasteiger partial charge in [0.25, 0.3) is 0 Å². The minimum atomic E-state index is -0.436. The van der Waals surface area contributed by atoms with Gasteiger partial charge in [0.1, 0.15) is 5.75 Å². The summed E-state index contributed by atoms with van der Waals surface area (Å²) < 4.78 is 5.12. The van der Waals surface area contributed by atoms with Crippen molar-refractivity contribution in [2.45, 2.75) is 50.7 Å². The molecule has 19 heavy (non-hydrogen) atoms. The van der Waals surface area contributed by atoms with E-state index >= 15 is 0 Å². The van der Waals surface area contributed by atoms with Crippen molar-refractivity contribution in [1.29, 1.82) is 0 Å². The molecule has 1 aromatic carbocycles. The Balaban J connectivity index is 1.80. The molecule has 0 heterocycles. The lowest BCUT2D eigenvalue weighted by molar-refractivity contribution is 0.168. The standard InChI is InChI=1S/C16H25NO2/c1-19-15-10-8-13(9-11-15)16(18)12-17-14-6-4-2-3-5-7-14/h8-11,14,16-18H,2-7,12H2,1H3. The first-order valence-corrected chi connectivity index (χ1v) is 7.35. The van der Waals surface area contributed by atoms with Crippen LogP contribution in [0.3, 0.4) is 0 Å². The summed E-state index contributed by atoms with van der Waals surface area (Å²) in [5, 5.41) is 13.7. The molecule has 1 atom stereocenters. The smallest absolute Gasteiger partial charge is 0.118 e. The Morgan fingerprint density at radius 3 is 2.37 bits per heavy atom. The van der Waals surface area contributed by atoms with Crippen LogP contribution in [-0.2, 0) is 0 Å². The SMILES string of the molecule is COc1ccc(C(O)CNC2CCCCCC2)cc1. The Labute approximate surface area is 116 Å². The molecule has 2 rings (SSSR count). The highest BCUT2D eigenvalue weighted by molar-refractivity contribution is 5.28. The summed E-state index contributed by atoms with van der Waals surface area (Å²) in [6.07, 6.45) is 7.41. The molecule has 1 aliphatic carbocycles. The Morgan fingerprint density at radius 2 is 1.79 bits per heavy atom. The monoisotopic (exact) mass is 263 g/mol. The van der Waals surface area contributed by atoms with Gasteiger partial charge in [-0.3, -0.25) is 0 Å². The molecule has 0 amide bonds. The Bertz CT molecular complexity index is 356. The zero-order chi connectivity index (χ0) is 13.5. The second-order valence-electron chi connectivity index (χ2n) is 5.39. The van der Waals surface area contributed by atoms with Gasteiger partial charge in [0, 0.05) is 12.6 Å². The second-order valence-corrected chi connectivity index (χ2v) is 5.39. The molecule has 3 heteroatoms. The van der Waals surface area contributed by atoms with Crippen molar-refractivity contribution in [3.63, 3.8) is 0 Å². The van der Waals surface area contributed by atoms with Crippen molar-refractivity contribution >= 4 is 0 Å². The molecular formula is C16H25NO2. The molecule has 0 radical (unpaired) electrons. The number of ether oxygens (including phenoxy) is 1. The summed E-state index contributed by atoms with van der Waals surface area (Å²) in [7, 11) is 1.65. The summed E-state index contributed by atoms with van der Waals surface area (Å²) >= 11 is 0. The van der Waals surface area contributed by atoms with Gasteiger partial charge in [0.05, 0.1) is 13.2 Å². The van der Waals surface area contributed by atoms with Gasteiger partial charge in [-0.25, -0.2) is 0 Å². The number of rotatable bonds is 5. The number of aliphatic hydroxyl groups is 1. The summed E-state index contributed by atoms with van der Waals surface area (Å²) in [5.74, 6) is 0.827. The van der Waals surface area contributed by atoms with E-state index in [9.17, 15) is 5.11 Å². The molecule has 0 bridgehead atoms. The van der Waals surface area contributed by atoms with Gasteiger partial charge in [0.2, 0.25) is 0 Å². The predicted octanol–water partition coefficient (Wildman–Crippen LogP) is 3.04. The van der Waals surface area contributed by atoms with E-state index in [-0.39, 0.29) is 0 Å². The van der Waals surface area contributed by atoms with Gasteiger partial charge in [0.15, 0.2) is 0 Å². The lowest BCUT2D eigenvalue weighted by Gasteiger charge is -2.19. The van der Waals surface area contributed by atoms with Crippen LogP contribution in [0.4, 0.5) is 0 Å². The van der Waals surface area contributed by atoms with Crippen LogP contribution in [0.2, 0.25) is 0 Å². The minimum Gasteiger partial charge on any atom is -0.497 e. The van der Waals surface area contributed by atoms with Crippen LogP contribution in [-0.4, -0.2) is 24.8 Å². The molecule has 0 aromatic heterocycles. The maximum Gasteiger partial charge on any atom is 0.118 e. The van der Waals surface area contributed by atoms with E-state index in [2.05, 4.69) is 5.32 Å². The topological polar surface area (TPSA) is 41.5 Å². The highest BCUT2D eigenvalue weighted by atomic mass is 16.5. The van der Waals surface area contributed by atoms with E-state index in [0.29, 0.717) is 12.6 Å². The molecular weight excluding hydrogens is 238 g/mol. The summed E-state index contributed by atoms with van der Waals surface area (Å²) in [6.45, 7) is 0.636. The third-order valence-electron chi connectivity index (χ3n) is 3.96. The van der Waals surface area contributed by atoms with Crippen molar-refractivity contribution < 1.29 is 9.84 Å². The molecule has 1 aliphatic rings. The maximum absolute atomic E-state index is 10.2. The van der Waals surface area contributed by atoms with E-state index in [1.54, 1.807) is 7.11 Å². The second kappa shape index (κ2) is 7.51. The summed E-state index contributed by atoms with van der Waals surface area (Å²) in [5.41, 5.74) is 0.946. The van der Waals surface area contributed by atoms with Gasteiger partial charge in [-0.05, 0) is 30.5 Å². The van der Waals surface area contributed by atoms with Crippen molar-refractivity contribution in [1.82, 2.24) is 5.32 Å². The van der Waals surface area contributed by atoms with Crippen molar-refractivity contribution in [3.05, 3.63) is 29.8 Å². The van der Waals surface area contributed by atoms with Gasteiger partial charge < -0.3 is 15.2 Å². The van der Waals surface area contributed by atoms with E-state index in [1.165, 1.54) is 38.5 Å². The van der Waals surface area contributed by atoms with Crippen molar-refractivity contribution in [2.75, 3.05) is 13.7 Å². The molecule has 1 fully saturated rings. The highest BCUT2D eigenvalue weighted by Crippen LogP contribution is 2.20. The Hall–Kier alpha value is -1.06. The van der Waals surface area contributed by atoms with Crippen molar-refractivity contribution in [3.8, 4) is 5.75 Å². The predicted molar refractivity (Wildman–Crippen MR) is 77.4 cm³/mol. The van der Waals surface area contributed by atoms with E-state index in [0.717, 1.165) is 11.3 Å². The van der Waals surface area contributed by atoms with Crippen LogP contribution >= 0.6 is 0 Å². The third kappa shape index (κ3) is 4.51. The fourth-order valence-electron chi connectivity index (χ4n) is 2.71. The molecule has 2 N–H and O–H groups in total. The van der Waals surface area contributed by atoms with Crippen LogP contribution in [0.25, 0.3) is 0 Å². The van der Waals surface area contributed by atoms with Gasteiger partial charge >= 0.3 is 0 Å². The maximum atomic E-state index is 10.2. The van der Waals surface area contributed by atoms with Crippen LogP contribution in [0.15, 0.2) is 24.3 Å². The first kappa shape index (κ1) is 14.4. The minimum absolute atomic E-state index is 0.436. The van der Waals surface area contributed by atoms with Crippen LogP contribution in [0.1, 0.15) is 50.2 Å². The Kier molecular flexibility index (Phi) is 5.67. The number of benzene rings is 1. The molecule has 0 aliphatic heterocycles. The number of hydrogen-bond donors (Lipinski definition) is 2. The fraction of sp³-hybridized carbons (Fsp3) is 0.625. The Morgan fingerprint density at radius 1 is 1.16 bits per heavy atom. The first-order valence-electron chi connectivity index (χ1n) is 7.35. The quantitative estimate of drug-likeness (QED) is 0.802. The average Bonchev–Trinajstić information content (AvgIpc) is 2.73. The first-order chi connectivity index (χ1) is 9.29. The molecule has 1 saturated carbocycles. The van der Waals surface area contributed by atoms with E-state index < -0.39 is 6.10 Å². The number of aliphatic hydroxyl groups excluding tert-OH is 1. The van der Waals surface area contributed by atoms with E-state index in [4.69, 9.17) is 4.74 Å². The van der Waals surface area contributed by atoms with E-state index in [1.807, 2.05) is 24.3 Å². The van der Waals surface area contributed by atoms with Gasteiger partial charge in [-0.1, -0.05) is 37.8 Å². The largest absolute Gasteiger partial charge is 0.497 e. The lowest BCUT2D eigenvalue weighted by Crippen LogP contribution is -2.32. The average molecular weight is 263 g/mol. The third-order valence-corrected chi connectivity index (χ3v) is 3.96. The summed E-state index contributed by atoms with van der Waals surface area (Å²) in [6, 6.07) is 8.22. The molecule has 1 aromatic rings. The zero-order valence-corrected chi connectivity index (χ0v) is 11.8. The molecule has 106 valence electrons. The number of methoxy groups -OCH3 is 1. The van der Waals surface area contributed by atoms with Gasteiger partial charge in [-0.15, -0.1) is 0 Å².